The fourth-order valence-corrected chi connectivity index (χ4v) is 4.59. The van der Waals surface area contributed by atoms with E-state index in [4.69, 9.17) is 4.74 Å². The molecule has 1 aliphatic carbocycles. The van der Waals surface area contributed by atoms with Crippen molar-refractivity contribution in [2.75, 3.05) is 13.7 Å². The van der Waals surface area contributed by atoms with Gasteiger partial charge in [-0.2, -0.15) is 0 Å². The number of halogens is 4. The summed E-state index contributed by atoms with van der Waals surface area (Å²) in [6.07, 6.45) is -0.567. The second-order valence-corrected chi connectivity index (χ2v) is 8.32. The number of nitrogens with one attached hydrogen (secondary N) is 2. The molecule has 0 bridgehead atoms. The summed E-state index contributed by atoms with van der Waals surface area (Å²) in [6, 6.07) is 2.51. The summed E-state index contributed by atoms with van der Waals surface area (Å²) in [6.45, 7) is 0.109. The first-order valence-corrected chi connectivity index (χ1v) is 10.1. The van der Waals surface area contributed by atoms with Gasteiger partial charge in [-0.3, -0.25) is 9.59 Å². The zero-order chi connectivity index (χ0) is 22.8. The van der Waals surface area contributed by atoms with E-state index >= 15 is 0 Å². The molecule has 0 radical (unpaired) electrons. The minimum Gasteiger partial charge on any atom is -0.373 e. The summed E-state index contributed by atoms with van der Waals surface area (Å²) in [5, 5.41) is 0.161. The molecule has 10 heteroatoms. The lowest BCUT2D eigenvalue weighted by atomic mass is 9.94. The van der Waals surface area contributed by atoms with Crippen molar-refractivity contribution in [3.63, 3.8) is 0 Å². The lowest BCUT2D eigenvalue weighted by Crippen LogP contribution is -2.37. The maximum atomic E-state index is 14.0. The quantitative estimate of drug-likeness (QED) is 0.587. The highest BCUT2D eigenvalue weighted by molar-refractivity contribution is 5.94. The van der Waals surface area contributed by atoms with Crippen molar-refractivity contribution in [3.8, 4) is 0 Å². The summed E-state index contributed by atoms with van der Waals surface area (Å²) in [5.41, 5.74) is 1.42. The number of likely N-dealkylation sites (N-methyl/N-ethyl adjacent to an activating group) is 1. The molecule has 6 nitrogen and oxygen atoms in total. The minimum absolute atomic E-state index is 0.0343. The number of hydrogen-bond acceptors (Lipinski definition) is 3. The normalized spacial score (nSPS) is 19.5. The van der Waals surface area contributed by atoms with E-state index in [0.717, 1.165) is 12.1 Å². The molecule has 2 aromatic heterocycles. The van der Waals surface area contributed by atoms with Crippen molar-refractivity contribution in [2.45, 2.75) is 37.8 Å². The van der Waals surface area contributed by atoms with Crippen molar-refractivity contribution < 1.29 is 27.1 Å². The van der Waals surface area contributed by atoms with E-state index in [2.05, 4.69) is 9.97 Å². The molecule has 3 heterocycles. The second-order valence-electron chi connectivity index (χ2n) is 8.32. The standard InChI is InChI=1S/C22H19F4N3O3/c1-29(21(31)16-4-10-7-22(25,26)3-2-15(10)27-16)18-9-32-8-17-19(18)11-5-13(23)14(24)6-12(11)20(30)28-17/h4-6,18,27H,2-3,7-9H2,1H3,(H,28,30)/t18-/m1/s1. The Balaban J connectivity index is 1.55. The molecule has 0 saturated carbocycles. The van der Waals surface area contributed by atoms with Crippen LogP contribution in [0.1, 0.15) is 45.5 Å². The summed E-state index contributed by atoms with van der Waals surface area (Å²) in [5.74, 6) is -5.53. The van der Waals surface area contributed by atoms with Gasteiger partial charge in [-0.25, -0.2) is 17.6 Å². The van der Waals surface area contributed by atoms with Crippen LogP contribution >= 0.6 is 0 Å². The monoisotopic (exact) mass is 449 g/mol. The van der Waals surface area contributed by atoms with Crippen LogP contribution in [0.3, 0.4) is 0 Å². The van der Waals surface area contributed by atoms with Crippen LogP contribution in [0.2, 0.25) is 0 Å². The number of alkyl halides is 2. The Labute approximate surface area is 179 Å². The third-order valence-corrected chi connectivity index (χ3v) is 6.24. The number of fused-ring (bicyclic) bond motifs is 4. The van der Waals surface area contributed by atoms with E-state index in [9.17, 15) is 27.2 Å². The molecule has 5 rings (SSSR count). The Morgan fingerprint density at radius 2 is 1.84 bits per heavy atom. The Kier molecular flexibility index (Phi) is 4.66. The smallest absolute Gasteiger partial charge is 0.270 e. The maximum Gasteiger partial charge on any atom is 0.270 e. The number of H-pyrrole nitrogens is 2. The highest BCUT2D eigenvalue weighted by Crippen LogP contribution is 2.36. The van der Waals surface area contributed by atoms with Crippen LogP contribution in [0.4, 0.5) is 17.6 Å². The van der Waals surface area contributed by atoms with Gasteiger partial charge in [0.1, 0.15) is 5.69 Å². The Morgan fingerprint density at radius 1 is 1.12 bits per heavy atom. The van der Waals surface area contributed by atoms with E-state index in [1.165, 1.54) is 18.0 Å². The third kappa shape index (κ3) is 3.29. The molecule has 2 aliphatic rings. The highest BCUT2D eigenvalue weighted by Gasteiger charge is 2.37. The average Bonchev–Trinajstić information content (AvgIpc) is 3.15. The number of aromatic amines is 2. The Hall–Kier alpha value is -3.14. The van der Waals surface area contributed by atoms with Gasteiger partial charge >= 0.3 is 0 Å². The first-order chi connectivity index (χ1) is 15.1. The number of aryl methyl sites for hydroxylation is 1. The first kappa shape index (κ1) is 20.7. The average molecular weight is 449 g/mol. The number of amides is 1. The molecule has 1 amide bonds. The maximum absolute atomic E-state index is 14.0. The number of pyridine rings is 1. The molecule has 0 fully saturated rings. The molecule has 0 unspecified atom stereocenters. The zero-order valence-corrected chi connectivity index (χ0v) is 17.0. The number of aromatic nitrogens is 2. The van der Waals surface area contributed by atoms with E-state index < -0.39 is 41.5 Å². The molecule has 1 aromatic carbocycles. The van der Waals surface area contributed by atoms with E-state index in [1.54, 1.807) is 0 Å². The molecule has 3 aromatic rings. The Bertz CT molecular complexity index is 1310. The van der Waals surface area contributed by atoms with Crippen LogP contribution in [0, 0.1) is 11.6 Å². The number of benzene rings is 1. The van der Waals surface area contributed by atoms with Crippen molar-refractivity contribution in [3.05, 3.63) is 68.4 Å². The van der Waals surface area contributed by atoms with Crippen LogP contribution in [0.5, 0.6) is 0 Å². The number of carbonyl (C=O) groups excluding carboxylic acids is 1. The van der Waals surface area contributed by atoms with E-state index in [-0.39, 0.29) is 42.5 Å². The molecular weight excluding hydrogens is 430 g/mol. The summed E-state index contributed by atoms with van der Waals surface area (Å²) in [4.78, 5) is 32.5. The minimum atomic E-state index is -2.80. The SMILES string of the molecule is CN(C(=O)c1cc2c([nH]1)CCC(F)(F)C2)[C@@H]1COCc2[nH]c(=O)c3cc(F)c(F)cc3c21. The molecular formula is C22H19F4N3O3. The van der Waals surface area contributed by atoms with E-state index in [0.29, 0.717) is 22.5 Å². The van der Waals surface area contributed by atoms with Gasteiger partial charge in [-0.05, 0) is 35.6 Å². The van der Waals surface area contributed by atoms with Gasteiger partial charge in [-0.1, -0.05) is 0 Å². The third-order valence-electron chi connectivity index (χ3n) is 6.24. The molecule has 1 aliphatic heterocycles. The molecule has 0 spiro atoms. The largest absolute Gasteiger partial charge is 0.373 e. The van der Waals surface area contributed by atoms with Gasteiger partial charge in [0, 0.05) is 36.8 Å². The predicted molar refractivity (Wildman–Crippen MR) is 107 cm³/mol. The van der Waals surface area contributed by atoms with Gasteiger partial charge < -0.3 is 19.6 Å². The lowest BCUT2D eigenvalue weighted by Gasteiger charge is -2.33. The number of ether oxygens (including phenoxy) is 1. The molecule has 0 saturated heterocycles. The topological polar surface area (TPSA) is 78.2 Å². The lowest BCUT2D eigenvalue weighted by molar-refractivity contribution is -0.0124. The van der Waals surface area contributed by atoms with E-state index in [1.807, 2.05) is 0 Å². The molecule has 32 heavy (non-hydrogen) atoms. The highest BCUT2D eigenvalue weighted by atomic mass is 19.3. The zero-order valence-electron chi connectivity index (χ0n) is 17.0. The van der Waals surface area contributed by atoms with Gasteiger partial charge in [0.25, 0.3) is 17.4 Å². The van der Waals surface area contributed by atoms with Crippen LogP contribution in [0.15, 0.2) is 23.0 Å². The fraction of sp³-hybridized carbons (Fsp3) is 0.364. The van der Waals surface area contributed by atoms with Crippen LogP contribution in [-0.4, -0.2) is 40.4 Å². The summed E-state index contributed by atoms with van der Waals surface area (Å²) >= 11 is 0. The van der Waals surface area contributed by atoms with Gasteiger partial charge in [0.2, 0.25) is 0 Å². The first-order valence-electron chi connectivity index (χ1n) is 10.1. The fourth-order valence-electron chi connectivity index (χ4n) is 4.59. The molecule has 2 N–H and O–H groups in total. The van der Waals surface area contributed by atoms with Crippen molar-refractivity contribution >= 4 is 16.7 Å². The summed E-state index contributed by atoms with van der Waals surface area (Å²) in [7, 11) is 1.51. The van der Waals surface area contributed by atoms with Crippen molar-refractivity contribution in [1.29, 1.82) is 0 Å². The number of nitrogens with zero attached hydrogens (tertiary/aromatic N) is 1. The van der Waals surface area contributed by atoms with Crippen LogP contribution < -0.4 is 5.56 Å². The molecule has 168 valence electrons. The summed E-state index contributed by atoms with van der Waals surface area (Å²) < 4.78 is 60.8. The van der Waals surface area contributed by atoms with Crippen molar-refractivity contribution in [1.82, 2.24) is 14.9 Å². The predicted octanol–water partition coefficient (Wildman–Crippen LogP) is 3.60. The van der Waals surface area contributed by atoms with Crippen LogP contribution in [0.25, 0.3) is 10.8 Å². The van der Waals surface area contributed by atoms with Gasteiger partial charge in [0.05, 0.1) is 24.6 Å². The van der Waals surface area contributed by atoms with Gasteiger partial charge in [-0.15, -0.1) is 0 Å². The van der Waals surface area contributed by atoms with Crippen LogP contribution in [-0.2, 0) is 24.2 Å². The number of carbonyl (C=O) groups is 1. The second kappa shape index (κ2) is 7.19. The number of rotatable bonds is 2. The number of hydrogen-bond donors (Lipinski definition) is 2. The molecule has 1 atom stereocenters. The van der Waals surface area contributed by atoms with Crippen molar-refractivity contribution in [2.24, 2.45) is 0 Å². The Morgan fingerprint density at radius 3 is 2.59 bits per heavy atom. The van der Waals surface area contributed by atoms with Gasteiger partial charge in [0.15, 0.2) is 11.6 Å².